The Labute approximate surface area is 167 Å². The molecule has 2 amide bonds. The molecule has 1 aromatic rings. The molecule has 0 aromatic carbocycles. The van der Waals surface area contributed by atoms with Crippen LogP contribution in [0, 0.1) is 12.8 Å². The first-order valence-electron chi connectivity index (χ1n) is 10.6. The van der Waals surface area contributed by atoms with Gasteiger partial charge in [-0.3, -0.25) is 19.5 Å². The summed E-state index contributed by atoms with van der Waals surface area (Å²) in [6, 6.07) is 1.58. The van der Waals surface area contributed by atoms with Crippen LogP contribution in [0.15, 0.2) is 18.5 Å². The zero-order valence-electron chi connectivity index (χ0n) is 16.9. The van der Waals surface area contributed by atoms with Gasteiger partial charge in [-0.1, -0.05) is 19.3 Å². The molecule has 1 aromatic heterocycles. The quantitative estimate of drug-likeness (QED) is 0.591. The SMILES string of the molecule is Cc1cnccc1NCCNC(=O)CC1C(=O)NCCN1CC1CCCCC1. The summed E-state index contributed by atoms with van der Waals surface area (Å²) < 4.78 is 0. The van der Waals surface area contributed by atoms with Gasteiger partial charge in [0.25, 0.3) is 0 Å². The molecule has 1 saturated heterocycles. The van der Waals surface area contributed by atoms with E-state index >= 15 is 0 Å². The fourth-order valence-corrected chi connectivity index (χ4v) is 4.22. The monoisotopic (exact) mass is 387 g/mol. The zero-order chi connectivity index (χ0) is 19.8. The Kier molecular flexibility index (Phi) is 7.65. The second-order valence-electron chi connectivity index (χ2n) is 7.98. The summed E-state index contributed by atoms with van der Waals surface area (Å²) in [6.07, 6.45) is 10.2. The van der Waals surface area contributed by atoms with Crippen LogP contribution in [0.2, 0.25) is 0 Å². The van der Waals surface area contributed by atoms with E-state index in [1.54, 1.807) is 6.20 Å². The third-order valence-electron chi connectivity index (χ3n) is 5.82. The molecule has 7 heteroatoms. The molecule has 1 unspecified atom stereocenters. The van der Waals surface area contributed by atoms with Crippen LogP contribution >= 0.6 is 0 Å². The second-order valence-corrected chi connectivity index (χ2v) is 7.98. The smallest absolute Gasteiger partial charge is 0.237 e. The summed E-state index contributed by atoms with van der Waals surface area (Å²) in [4.78, 5) is 31.1. The maximum Gasteiger partial charge on any atom is 0.237 e. The lowest BCUT2D eigenvalue weighted by Crippen LogP contribution is -2.57. The Bertz CT molecular complexity index is 660. The van der Waals surface area contributed by atoms with Gasteiger partial charge in [-0.2, -0.15) is 0 Å². The lowest BCUT2D eigenvalue weighted by molar-refractivity contribution is -0.134. The lowest BCUT2D eigenvalue weighted by Gasteiger charge is -2.37. The number of aryl methyl sites for hydroxylation is 1. The molecular formula is C21H33N5O2. The van der Waals surface area contributed by atoms with Gasteiger partial charge in [0.05, 0.1) is 12.5 Å². The number of anilines is 1. The van der Waals surface area contributed by atoms with Gasteiger partial charge in [0.1, 0.15) is 0 Å². The number of amides is 2. The highest BCUT2D eigenvalue weighted by Crippen LogP contribution is 2.25. The fraction of sp³-hybridized carbons (Fsp3) is 0.667. The Morgan fingerprint density at radius 1 is 1.29 bits per heavy atom. The minimum Gasteiger partial charge on any atom is -0.383 e. The van der Waals surface area contributed by atoms with E-state index in [2.05, 4.69) is 25.8 Å². The Morgan fingerprint density at radius 3 is 2.89 bits per heavy atom. The van der Waals surface area contributed by atoms with Crippen molar-refractivity contribution in [2.45, 2.75) is 51.5 Å². The van der Waals surface area contributed by atoms with Crippen LogP contribution in [-0.4, -0.2) is 60.5 Å². The number of piperazine rings is 1. The van der Waals surface area contributed by atoms with Crippen LogP contribution in [0.3, 0.4) is 0 Å². The number of hydrogen-bond acceptors (Lipinski definition) is 5. The molecule has 1 saturated carbocycles. The number of pyridine rings is 1. The first kappa shape index (κ1) is 20.6. The predicted octanol–water partition coefficient (Wildman–Crippen LogP) is 1.69. The molecule has 0 radical (unpaired) electrons. The van der Waals surface area contributed by atoms with E-state index in [1.807, 2.05) is 19.2 Å². The molecule has 3 rings (SSSR count). The van der Waals surface area contributed by atoms with Crippen molar-refractivity contribution in [1.82, 2.24) is 20.5 Å². The first-order chi connectivity index (χ1) is 13.6. The van der Waals surface area contributed by atoms with Gasteiger partial charge in [0.15, 0.2) is 0 Å². The van der Waals surface area contributed by atoms with Crippen LogP contribution in [0.25, 0.3) is 0 Å². The molecular weight excluding hydrogens is 354 g/mol. The summed E-state index contributed by atoms with van der Waals surface area (Å²) in [7, 11) is 0. The molecule has 28 heavy (non-hydrogen) atoms. The van der Waals surface area contributed by atoms with Crippen LogP contribution in [0.1, 0.15) is 44.1 Å². The normalized spacial score (nSPS) is 21.2. The van der Waals surface area contributed by atoms with E-state index < -0.39 is 0 Å². The van der Waals surface area contributed by atoms with Gasteiger partial charge in [0, 0.05) is 50.8 Å². The van der Waals surface area contributed by atoms with Crippen molar-refractivity contribution in [3.63, 3.8) is 0 Å². The largest absolute Gasteiger partial charge is 0.383 e. The topological polar surface area (TPSA) is 86.4 Å². The predicted molar refractivity (Wildman–Crippen MR) is 110 cm³/mol. The number of nitrogens with one attached hydrogen (secondary N) is 3. The van der Waals surface area contributed by atoms with E-state index in [4.69, 9.17) is 0 Å². The van der Waals surface area contributed by atoms with Crippen molar-refractivity contribution in [2.24, 2.45) is 5.92 Å². The van der Waals surface area contributed by atoms with Crippen LogP contribution in [0.4, 0.5) is 5.69 Å². The van der Waals surface area contributed by atoms with Crippen LogP contribution in [-0.2, 0) is 9.59 Å². The van der Waals surface area contributed by atoms with Gasteiger partial charge >= 0.3 is 0 Å². The number of hydrogen-bond donors (Lipinski definition) is 3. The summed E-state index contributed by atoms with van der Waals surface area (Å²) in [5.41, 5.74) is 2.10. The minimum atomic E-state index is -0.342. The molecule has 2 heterocycles. The molecule has 2 fully saturated rings. The highest BCUT2D eigenvalue weighted by atomic mass is 16.2. The summed E-state index contributed by atoms with van der Waals surface area (Å²) >= 11 is 0. The van der Waals surface area contributed by atoms with Crippen molar-refractivity contribution in [2.75, 3.05) is 38.0 Å². The van der Waals surface area contributed by atoms with Gasteiger partial charge in [-0.25, -0.2) is 0 Å². The summed E-state index contributed by atoms with van der Waals surface area (Å²) in [5, 5.41) is 9.16. The van der Waals surface area contributed by atoms with Crippen molar-refractivity contribution < 1.29 is 9.59 Å². The second kappa shape index (κ2) is 10.4. The van der Waals surface area contributed by atoms with Crippen molar-refractivity contribution in [1.29, 1.82) is 0 Å². The average Bonchev–Trinajstić information content (AvgIpc) is 2.70. The molecule has 154 valence electrons. The van der Waals surface area contributed by atoms with E-state index in [0.717, 1.165) is 24.3 Å². The molecule has 0 bridgehead atoms. The molecule has 3 N–H and O–H groups in total. The molecule has 7 nitrogen and oxygen atoms in total. The number of carbonyl (C=O) groups is 2. The number of nitrogens with zero attached hydrogens (tertiary/aromatic N) is 2. The van der Waals surface area contributed by atoms with E-state index in [9.17, 15) is 9.59 Å². The van der Waals surface area contributed by atoms with Gasteiger partial charge in [-0.15, -0.1) is 0 Å². The minimum absolute atomic E-state index is 0.0113. The third kappa shape index (κ3) is 5.92. The fourth-order valence-electron chi connectivity index (χ4n) is 4.22. The average molecular weight is 388 g/mol. The molecule has 1 atom stereocenters. The first-order valence-corrected chi connectivity index (χ1v) is 10.6. The molecule has 1 aliphatic carbocycles. The highest BCUT2D eigenvalue weighted by Gasteiger charge is 2.33. The van der Waals surface area contributed by atoms with Gasteiger partial charge in [-0.05, 0) is 37.3 Å². The highest BCUT2D eigenvalue weighted by molar-refractivity contribution is 5.88. The van der Waals surface area contributed by atoms with Crippen molar-refractivity contribution in [3.8, 4) is 0 Å². The summed E-state index contributed by atoms with van der Waals surface area (Å²) in [6.45, 7) is 5.61. The Balaban J connectivity index is 1.43. The Hall–Kier alpha value is -2.15. The third-order valence-corrected chi connectivity index (χ3v) is 5.82. The van der Waals surface area contributed by atoms with Crippen molar-refractivity contribution >= 4 is 17.5 Å². The maximum atomic E-state index is 12.4. The molecule has 1 aliphatic heterocycles. The van der Waals surface area contributed by atoms with Gasteiger partial charge < -0.3 is 16.0 Å². The van der Waals surface area contributed by atoms with E-state index in [0.29, 0.717) is 25.6 Å². The number of rotatable bonds is 8. The number of carbonyl (C=O) groups excluding carboxylic acids is 2. The van der Waals surface area contributed by atoms with Crippen LogP contribution in [0.5, 0.6) is 0 Å². The van der Waals surface area contributed by atoms with Crippen molar-refractivity contribution in [3.05, 3.63) is 24.0 Å². The zero-order valence-corrected chi connectivity index (χ0v) is 16.9. The Morgan fingerprint density at radius 2 is 2.11 bits per heavy atom. The van der Waals surface area contributed by atoms with E-state index in [-0.39, 0.29) is 24.3 Å². The van der Waals surface area contributed by atoms with Gasteiger partial charge in [0.2, 0.25) is 11.8 Å². The van der Waals surface area contributed by atoms with E-state index in [1.165, 1.54) is 32.1 Å². The maximum absolute atomic E-state index is 12.4. The number of aromatic nitrogens is 1. The summed E-state index contributed by atoms with van der Waals surface area (Å²) in [5.74, 6) is 0.588. The molecule has 0 spiro atoms. The lowest BCUT2D eigenvalue weighted by atomic mass is 9.88. The standard InChI is InChI=1S/C21H33N5O2/c1-16-14-22-8-7-18(16)23-9-10-24-20(27)13-19-21(28)25-11-12-26(19)15-17-5-3-2-4-6-17/h7-8,14,17,19H,2-6,9-13,15H2,1H3,(H,22,23)(H,24,27)(H,25,28). The van der Waals surface area contributed by atoms with Crippen LogP contribution < -0.4 is 16.0 Å². The molecule has 2 aliphatic rings.